The zero-order valence-corrected chi connectivity index (χ0v) is 13.0. The van der Waals surface area contributed by atoms with Gasteiger partial charge in [-0.2, -0.15) is 0 Å². The van der Waals surface area contributed by atoms with Crippen LogP contribution in [0.5, 0.6) is 0 Å². The molecule has 19 heavy (non-hydrogen) atoms. The van der Waals surface area contributed by atoms with Crippen molar-refractivity contribution < 1.29 is 0 Å². The molecule has 0 spiro atoms. The zero-order valence-electron chi connectivity index (χ0n) is 12.2. The summed E-state index contributed by atoms with van der Waals surface area (Å²) in [7, 11) is 0. The van der Waals surface area contributed by atoms with Gasteiger partial charge in [-0.1, -0.05) is 43.5 Å². The molecule has 2 atom stereocenters. The van der Waals surface area contributed by atoms with Crippen LogP contribution in [0, 0.1) is 6.92 Å². The maximum Gasteiger partial charge on any atom is 0.0438 e. The highest BCUT2D eigenvalue weighted by Crippen LogP contribution is 2.33. The van der Waals surface area contributed by atoms with Gasteiger partial charge in [-0.05, 0) is 62.3 Å². The number of nitrogens with one attached hydrogen (secondary N) is 1. The summed E-state index contributed by atoms with van der Waals surface area (Å²) in [6.45, 7) is 5.46. The Balaban J connectivity index is 2.06. The normalized spacial score (nSPS) is 24.2. The Labute approximate surface area is 122 Å². The summed E-state index contributed by atoms with van der Waals surface area (Å²) in [6, 6.07) is 7.31. The van der Waals surface area contributed by atoms with Gasteiger partial charge in [-0.3, -0.25) is 0 Å². The third-order valence-corrected chi connectivity index (χ3v) is 4.68. The van der Waals surface area contributed by atoms with Gasteiger partial charge >= 0.3 is 0 Å². The third kappa shape index (κ3) is 4.22. The average molecular weight is 280 g/mol. The van der Waals surface area contributed by atoms with Gasteiger partial charge in [0.25, 0.3) is 0 Å². The second kappa shape index (κ2) is 7.31. The topological polar surface area (TPSA) is 12.0 Å². The van der Waals surface area contributed by atoms with Crippen LogP contribution in [-0.4, -0.2) is 12.6 Å². The van der Waals surface area contributed by atoms with E-state index in [9.17, 15) is 0 Å². The minimum Gasteiger partial charge on any atom is -0.314 e. The molecule has 0 bridgehead atoms. The molecule has 106 valence electrons. The van der Waals surface area contributed by atoms with Gasteiger partial charge in [0.2, 0.25) is 0 Å². The van der Waals surface area contributed by atoms with Crippen molar-refractivity contribution >= 4 is 11.6 Å². The lowest BCUT2D eigenvalue weighted by Gasteiger charge is -2.22. The first-order valence-electron chi connectivity index (χ1n) is 7.70. The predicted octanol–water partition coefficient (Wildman–Crippen LogP) is 5.06. The highest BCUT2D eigenvalue weighted by Gasteiger charge is 2.21. The lowest BCUT2D eigenvalue weighted by Crippen LogP contribution is -2.30. The van der Waals surface area contributed by atoms with Crippen LogP contribution in [0.2, 0.25) is 5.02 Å². The van der Waals surface area contributed by atoms with Crippen LogP contribution in [0.3, 0.4) is 0 Å². The molecule has 0 aromatic heterocycles. The molecule has 2 heteroatoms. The second-order valence-electron chi connectivity index (χ2n) is 5.88. The fourth-order valence-electron chi connectivity index (χ4n) is 3.06. The molecular weight excluding hydrogens is 254 g/mol. The summed E-state index contributed by atoms with van der Waals surface area (Å²) >= 11 is 6.28. The van der Waals surface area contributed by atoms with Gasteiger partial charge in [-0.25, -0.2) is 0 Å². The Morgan fingerprint density at radius 1 is 1.26 bits per heavy atom. The molecule has 1 aromatic rings. The summed E-state index contributed by atoms with van der Waals surface area (Å²) in [4.78, 5) is 0. The van der Waals surface area contributed by atoms with E-state index in [0.29, 0.717) is 12.0 Å². The fourth-order valence-corrected chi connectivity index (χ4v) is 3.25. The summed E-state index contributed by atoms with van der Waals surface area (Å²) in [6.07, 6.45) is 7.83. The standard InChI is InChI=1S/C17H26ClN/c1-3-10-19-16-7-5-4-6-14(11-16)15-9-8-13(2)17(18)12-15/h8-9,12,14,16,19H,3-7,10-11H2,1-2H3. The molecule has 1 saturated carbocycles. The molecular formula is C17H26ClN. The van der Waals surface area contributed by atoms with Gasteiger partial charge in [0, 0.05) is 11.1 Å². The Bertz CT molecular complexity index is 402. The van der Waals surface area contributed by atoms with Crippen molar-refractivity contribution in [3.8, 4) is 0 Å². The van der Waals surface area contributed by atoms with Gasteiger partial charge in [0.15, 0.2) is 0 Å². The molecule has 2 unspecified atom stereocenters. The van der Waals surface area contributed by atoms with Gasteiger partial charge in [0.1, 0.15) is 0 Å². The first kappa shape index (κ1) is 14.9. The Hall–Kier alpha value is -0.530. The SMILES string of the molecule is CCCNC1CCCCC(c2ccc(C)c(Cl)c2)C1. The maximum atomic E-state index is 6.28. The third-order valence-electron chi connectivity index (χ3n) is 4.27. The first-order chi connectivity index (χ1) is 9.20. The lowest BCUT2D eigenvalue weighted by atomic mass is 9.90. The molecule has 0 amide bonds. The molecule has 1 N–H and O–H groups in total. The molecule has 1 aliphatic carbocycles. The number of aryl methyl sites for hydroxylation is 1. The Morgan fingerprint density at radius 3 is 2.79 bits per heavy atom. The molecule has 1 fully saturated rings. The summed E-state index contributed by atoms with van der Waals surface area (Å²) in [5.74, 6) is 0.676. The summed E-state index contributed by atoms with van der Waals surface area (Å²) in [5, 5.41) is 4.62. The summed E-state index contributed by atoms with van der Waals surface area (Å²) < 4.78 is 0. The van der Waals surface area contributed by atoms with Gasteiger partial charge in [-0.15, -0.1) is 0 Å². The quantitative estimate of drug-likeness (QED) is 0.759. The molecule has 2 rings (SSSR count). The van der Waals surface area contributed by atoms with E-state index < -0.39 is 0 Å². The van der Waals surface area contributed by atoms with Crippen molar-refractivity contribution in [1.29, 1.82) is 0 Å². The van der Waals surface area contributed by atoms with E-state index in [2.05, 4.69) is 37.4 Å². The van der Waals surface area contributed by atoms with Crippen molar-refractivity contribution in [2.75, 3.05) is 6.54 Å². The van der Waals surface area contributed by atoms with Crippen LogP contribution in [0.15, 0.2) is 18.2 Å². The molecule has 0 saturated heterocycles. The van der Waals surface area contributed by atoms with Crippen LogP contribution in [0.4, 0.5) is 0 Å². The number of benzene rings is 1. The van der Waals surface area contributed by atoms with Crippen LogP contribution in [0.25, 0.3) is 0 Å². The summed E-state index contributed by atoms with van der Waals surface area (Å²) in [5.41, 5.74) is 2.61. The largest absolute Gasteiger partial charge is 0.314 e. The number of halogens is 1. The maximum absolute atomic E-state index is 6.28. The van der Waals surface area contributed by atoms with E-state index >= 15 is 0 Å². The van der Waals surface area contributed by atoms with Crippen molar-refractivity contribution in [2.24, 2.45) is 0 Å². The first-order valence-corrected chi connectivity index (χ1v) is 8.08. The molecule has 1 aliphatic rings. The Morgan fingerprint density at radius 2 is 2.05 bits per heavy atom. The van der Waals surface area contributed by atoms with Crippen molar-refractivity contribution in [3.63, 3.8) is 0 Å². The Kier molecular flexibility index (Phi) is 5.72. The molecule has 1 nitrogen and oxygen atoms in total. The van der Waals surface area contributed by atoms with E-state index in [4.69, 9.17) is 11.6 Å². The van der Waals surface area contributed by atoms with Crippen molar-refractivity contribution in [2.45, 2.75) is 64.3 Å². The number of hydrogen-bond acceptors (Lipinski definition) is 1. The van der Waals surface area contributed by atoms with Crippen LogP contribution in [0.1, 0.15) is 62.5 Å². The smallest absolute Gasteiger partial charge is 0.0438 e. The number of hydrogen-bond donors (Lipinski definition) is 1. The molecule has 1 aromatic carbocycles. The van der Waals surface area contributed by atoms with Crippen LogP contribution < -0.4 is 5.32 Å². The molecule has 0 radical (unpaired) electrons. The van der Waals surface area contributed by atoms with Gasteiger partial charge < -0.3 is 5.32 Å². The number of rotatable bonds is 4. The van der Waals surface area contributed by atoms with E-state index in [-0.39, 0.29) is 0 Å². The fraction of sp³-hybridized carbons (Fsp3) is 0.647. The minimum absolute atomic E-state index is 0.676. The van der Waals surface area contributed by atoms with E-state index in [1.165, 1.54) is 49.7 Å². The van der Waals surface area contributed by atoms with Crippen LogP contribution >= 0.6 is 11.6 Å². The van der Waals surface area contributed by atoms with E-state index in [0.717, 1.165) is 11.6 Å². The predicted molar refractivity (Wildman–Crippen MR) is 84.1 cm³/mol. The van der Waals surface area contributed by atoms with E-state index in [1.807, 2.05) is 0 Å². The molecule has 0 aliphatic heterocycles. The zero-order chi connectivity index (χ0) is 13.7. The van der Waals surface area contributed by atoms with Crippen molar-refractivity contribution in [1.82, 2.24) is 5.32 Å². The van der Waals surface area contributed by atoms with Gasteiger partial charge in [0.05, 0.1) is 0 Å². The molecule has 0 heterocycles. The van der Waals surface area contributed by atoms with Crippen LogP contribution in [-0.2, 0) is 0 Å². The van der Waals surface area contributed by atoms with E-state index in [1.54, 1.807) is 0 Å². The van der Waals surface area contributed by atoms with Crippen molar-refractivity contribution in [3.05, 3.63) is 34.3 Å². The monoisotopic (exact) mass is 279 g/mol. The minimum atomic E-state index is 0.676. The highest BCUT2D eigenvalue weighted by molar-refractivity contribution is 6.31. The second-order valence-corrected chi connectivity index (χ2v) is 6.28. The average Bonchev–Trinajstić information content (AvgIpc) is 2.65. The lowest BCUT2D eigenvalue weighted by molar-refractivity contribution is 0.439. The highest BCUT2D eigenvalue weighted by atomic mass is 35.5.